The quantitative estimate of drug-likeness (QED) is 0.628. The Hall–Kier alpha value is -2.08. The van der Waals surface area contributed by atoms with Crippen LogP contribution in [0.2, 0.25) is 0 Å². The van der Waals surface area contributed by atoms with Gasteiger partial charge in [0.2, 0.25) is 0 Å². The zero-order chi connectivity index (χ0) is 18.4. The molecule has 0 radical (unpaired) electrons. The van der Waals surface area contributed by atoms with Gasteiger partial charge in [0.1, 0.15) is 0 Å². The van der Waals surface area contributed by atoms with Gasteiger partial charge in [0.25, 0.3) is 5.91 Å². The summed E-state index contributed by atoms with van der Waals surface area (Å²) < 4.78 is 6.07. The number of ether oxygens (including phenoxy) is 1. The molecule has 1 amide bonds. The van der Waals surface area contributed by atoms with Crippen molar-refractivity contribution in [3.8, 4) is 0 Å². The summed E-state index contributed by atoms with van der Waals surface area (Å²) in [7, 11) is 1.85. The van der Waals surface area contributed by atoms with Crippen LogP contribution in [-0.2, 0) is 11.3 Å². The number of nitrogens with one attached hydrogen (secondary N) is 2. The van der Waals surface area contributed by atoms with Crippen LogP contribution in [0.15, 0.2) is 29.3 Å². The lowest BCUT2D eigenvalue weighted by Gasteiger charge is -2.23. The molecule has 4 atom stereocenters. The van der Waals surface area contributed by atoms with E-state index in [1.165, 1.54) is 12.8 Å². The molecule has 3 saturated heterocycles. The summed E-state index contributed by atoms with van der Waals surface area (Å²) >= 11 is 0. The SMILES string of the molecule is CN=C(NCc1cccc(C(=O)NC2CC2)c1)N1CC2C3CCC(O3)C2C1. The molecule has 4 fully saturated rings. The highest BCUT2D eigenvalue weighted by Crippen LogP contribution is 2.47. The molecule has 27 heavy (non-hydrogen) atoms. The summed E-state index contributed by atoms with van der Waals surface area (Å²) in [6.07, 6.45) is 5.58. The van der Waals surface area contributed by atoms with Gasteiger partial charge in [-0.2, -0.15) is 0 Å². The summed E-state index contributed by atoms with van der Waals surface area (Å²) in [6, 6.07) is 8.25. The average molecular weight is 368 g/mol. The van der Waals surface area contributed by atoms with E-state index >= 15 is 0 Å². The van der Waals surface area contributed by atoms with Gasteiger partial charge >= 0.3 is 0 Å². The van der Waals surface area contributed by atoms with Gasteiger partial charge in [0.15, 0.2) is 5.96 Å². The molecular weight excluding hydrogens is 340 g/mol. The first-order chi connectivity index (χ1) is 13.2. The molecule has 1 aliphatic carbocycles. The number of amides is 1. The molecule has 0 aromatic heterocycles. The van der Waals surface area contributed by atoms with Gasteiger partial charge in [-0.15, -0.1) is 0 Å². The number of carbonyl (C=O) groups excluding carboxylic acids is 1. The zero-order valence-corrected chi connectivity index (χ0v) is 15.9. The smallest absolute Gasteiger partial charge is 0.251 e. The minimum atomic E-state index is 0.0339. The molecule has 3 heterocycles. The number of carbonyl (C=O) groups is 1. The van der Waals surface area contributed by atoms with Crippen LogP contribution in [0.25, 0.3) is 0 Å². The Morgan fingerprint density at radius 3 is 2.59 bits per heavy atom. The van der Waals surface area contributed by atoms with Gasteiger partial charge in [0, 0.05) is 50.1 Å². The Morgan fingerprint density at radius 2 is 1.93 bits per heavy atom. The monoisotopic (exact) mass is 368 g/mol. The summed E-state index contributed by atoms with van der Waals surface area (Å²) in [5.41, 5.74) is 1.84. The van der Waals surface area contributed by atoms with E-state index in [1.54, 1.807) is 0 Å². The number of rotatable bonds is 4. The van der Waals surface area contributed by atoms with Crippen molar-refractivity contribution in [3.05, 3.63) is 35.4 Å². The van der Waals surface area contributed by atoms with Gasteiger partial charge in [-0.1, -0.05) is 12.1 Å². The average Bonchev–Trinajstić information content (AvgIpc) is 3.09. The molecule has 6 nitrogen and oxygen atoms in total. The van der Waals surface area contributed by atoms with Crippen molar-refractivity contribution in [1.29, 1.82) is 0 Å². The molecule has 6 heteroatoms. The van der Waals surface area contributed by atoms with Gasteiger partial charge in [-0.05, 0) is 43.4 Å². The maximum Gasteiger partial charge on any atom is 0.251 e. The molecule has 5 rings (SSSR count). The molecule has 4 unspecified atom stereocenters. The van der Waals surface area contributed by atoms with Gasteiger partial charge in [-0.3, -0.25) is 9.79 Å². The third-order valence-electron chi connectivity index (χ3n) is 6.52. The van der Waals surface area contributed by atoms with Crippen molar-refractivity contribution >= 4 is 11.9 Å². The second-order valence-corrected chi connectivity index (χ2v) is 8.37. The molecule has 4 aliphatic rings. The highest BCUT2D eigenvalue weighted by molar-refractivity contribution is 5.94. The topological polar surface area (TPSA) is 66.0 Å². The van der Waals surface area contributed by atoms with E-state index < -0.39 is 0 Å². The number of hydrogen-bond donors (Lipinski definition) is 2. The summed E-state index contributed by atoms with van der Waals surface area (Å²) in [4.78, 5) is 19.1. The molecule has 2 bridgehead atoms. The molecule has 3 aliphatic heterocycles. The van der Waals surface area contributed by atoms with Crippen LogP contribution in [0.4, 0.5) is 0 Å². The number of aliphatic imine (C=N–C) groups is 1. The zero-order valence-electron chi connectivity index (χ0n) is 15.9. The van der Waals surface area contributed by atoms with Crippen molar-refractivity contribution in [2.45, 2.75) is 50.5 Å². The summed E-state index contributed by atoms with van der Waals surface area (Å²) in [5.74, 6) is 2.32. The van der Waals surface area contributed by atoms with Crippen LogP contribution in [0.5, 0.6) is 0 Å². The maximum absolute atomic E-state index is 12.3. The Balaban J connectivity index is 1.20. The number of nitrogens with zero attached hydrogens (tertiary/aromatic N) is 2. The largest absolute Gasteiger partial charge is 0.374 e. The first-order valence-corrected chi connectivity index (χ1v) is 10.2. The Bertz CT molecular complexity index is 742. The third-order valence-corrected chi connectivity index (χ3v) is 6.52. The lowest BCUT2D eigenvalue weighted by Crippen LogP contribution is -2.41. The van der Waals surface area contributed by atoms with Crippen molar-refractivity contribution in [3.63, 3.8) is 0 Å². The van der Waals surface area contributed by atoms with E-state index in [0.29, 0.717) is 36.6 Å². The van der Waals surface area contributed by atoms with Crippen LogP contribution in [0.1, 0.15) is 41.6 Å². The summed E-state index contributed by atoms with van der Waals surface area (Å²) in [6.45, 7) is 2.75. The number of benzene rings is 1. The lowest BCUT2D eigenvalue weighted by atomic mass is 9.82. The Labute approximate surface area is 160 Å². The van der Waals surface area contributed by atoms with E-state index in [1.807, 2.05) is 25.2 Å². The molecule has 2 N–H and O–H groups in total. The molecular formula is C21H28N4O2. The highest BCUT2D eigenvalue weighted by atomic mass is 16.5. The molecule has 1 saturated carbocycles. The fraction of sp³-hybridized carbons (Fsp3) is 0.619. The first-order valence-electron chi connectivity index (χ1n) is 10.2. The van der Waals surface area contributed by atoms with E-state index in [4.69, 9.17) is 4.74 Å². The van der Waals surface area contributed by atoms with Gasteiger partial charge in [0.05, 0.1) is 12.2 Å². The van der Waals surface area contributed by atoms with Gasteiger partial charge in [-0.25, -0.2) is 0 Å². The Morgan fingerprint density at radius 1 is 1.19 bits per heavy atom. The van der Waals surface area contributed by atoms with Crippen LogP contribution in [0.3, 0.4) is 0 Å². The van der Waals surface area contributed by atoms with Crippen LogP contribution >= 0.6 is 0 Å². The number of likely N-dealkylation sites (tertiary alicyclic amines) is 1. The second kappa shape index (κ2) is 6.82. The second-order valence-electron chi connectivity index (χ2n) is 8.37. The predicted molar refractivity (Wildman–Crippen MR) is 104 cm³/mol. The minimum absolute atomic E-state index is 0.0339. The van der Waals surface area contributed by atoms with E-state index in [9.17, 15) is 4.79 Å². The van der Waals surface area contributed by atoms with E-state index in [0.717, 1.165) is 43.0 Å². The molecule has 1 aromatic rings. The minimum Gasteiger partial charge on any atom is -0.374 e. The van der Waals surface area contributed by atoms with Crippen LogP contribution in [-0.4, -0.2) is 55.2 Å². The van der Waals surface area contributed by atoms with Crippen LogP contribution < -0.4 is 10.6 Å². The predicted octanol–water partition coefficient (Wildman–Crippen LogP) is 1.76. The summed E-state index contributed by atoms with van der Waals surface area (Å²) in [5, 5.41) is 6.54. The molecule has 0 spiro atoms. The molecule has 1 aromatic carbocycles. The van der Waals surface area contributed by atoms with Crippen LogP contribution in [0, 0.1) is 11.8 Å². The number of guanidine groups is 1. The standard InChI is InChI=1S/C21H28N4O2/c1-22-21(25-11-16-17(12-25)19-8-7-18(16)27-19)23-10-13-3-2-4-14(9-13)20(26)24-15-5-6-15/h2-4,9,15-19H,5-8,10-12H2,1H3,(H,22,23)(H,24,26). The number of hydrogen-bond acceptors (Lipinski definition) is 3. The van der Waals surface area contributed by atoms with E-state index in [2.05, 4.69) is 26.6 Å². The van der Waals surface area contributed by atoms with E-state index in [-0.39, 0.29) is 5.91 Å². The third kappa shape index (κ3) is 3.31. The Kier molecular flexibility index (Phi) is 4.31. The number of fused-ring (bicyclic) bond motifs is 5. The lowest BCUT2D eigenvalue weighted by molar-refractivity contribution is 0.0767. The fourth-order valence-electron chi connectivity index (χ4n) is 4.97. The fourth-order valence-corrected chi connectivity index (χ4v) is 4.97. The molecule has 144 valence electrons. The van der Waals surface area contributed by atoms with Crippen molar-refractivity contribution in [1.82, 2.24) is 15.5 Å². The maximum atomic E-state index is 12.3. The normalized spacial score (nSPS) is 31.9. The first kappa shape index (κ1) is 17.0. The highest BCUT2D eigenvalue weighted by Gasteiger charge is 2.53. The van der Waals surface area contributed by atoms with Crippen molar-refractivity contribution < 1.29 is 9.53 Å². The van der Waals surface area contributed by atoms with Crippen molar-refractivity contribution in [2.24, 2.45) is 16.8 Å². The van der Waals surface area contributed by atoms with Crippen molar-refractivity contribution in [2.75, 3.05) is 20.1 Å². The van der Waals surface area contributed by atoms with Gasteiger partial charge < -0.3 is 20.3 Å².